The van der Waals surface area contributed by atoms with Crippen molar-refractivity contribution < 1.29 is 9.53 Å². The Kier molecular flexibility index (Phi) is 3.92. The molecule has 5 heteroatoms. The van der Waals surface area contributed by atoms with Gasteiger partial charge in [0, 0.05) is 31.9 Å². The predicted octanol–water partition coefficient (Wildman–Crippen LogP) is 1.44. The van der Waals surface area contributed by atoms with Crippen LogP contribution in [0.15, 0.2) is 18.2 Å². The molecule has 0 saturated carbocycles. The molecule has 0 unspecified atom stereocenters. The molecule has 0 spiro atoms. The maximum Gasteiger partial charge on any atom is 0.317 e. The van der Waals surface area contributed by atoms with Crippen LogP contribution in [-0.4, -0.2) is 44.2 Å². The summed E-state index contributed by atoms with van der Waals surface area (Å²) in [5.41, 5.74) is 2.22. The molecule has 0 radical (unpaired) electrons. The predicted molar refractivity (Wildman–Crippen MR) is 71.2 cm³/mol. The third kappa shape index (κ3) is 2.85. The van der Waals surface area contributed by atoms with E-state index in [1.54, 1.807) is 7.11 Å². The Balaban J connectivity index is 1.84. The first-order valence-electron chi connectivity index (χ1n) is 6.12. The zero-order chi connectivity index (χ0) is 13.0. The molecule has 1 fully saturated rings. The van der Waals surface area contributed by atoms with Gasteiger partial charge in [0.2, 0.25) is 0 Å². The smallest absolute Gasteiger partial charge is 0.317 e. The number of carbonyl (C=O) groups excluding carboxylic acids is 1. The van der Waals surface area contributed by atoms with Crippen LogP contribution in [0.25, 0.3) is 0 Å². The Morgan fingerprint density at radius 1 is 1.50 bits per heavy atom. The van der Waals surface area contributed by atoms with E-state index in [1.807, 2.05) is 30.0 Å². The molecule has 0 bridgehead atoms. The number of benzene rings is 1. The van der Waals surface area contributed by atoms with Gasteiger partial charge in [-0.2, -0.15) is 0 Å². The molecule has 98 valence electrons. The summed E-state index contributed by atoms with van der Waals surface area (Å²) in [5.74, 6) is 0.858. The number of hydrogen-bond donors (Lipinski definition) is 2. The summed E-state index contributed by atoms with van der Waals surface area (Å²) in [6.45, 7) is 5.05. The summed E-state index contributed by atoms with van der Waals surface area (Å²) in [7, 11) is 1.66. The van der Waals surface area contributed by atoms with E-state index in [2.05, 4.69) is 10.6 Å². The van der Waals surface area contributed by atoms with Gasteiger partial charge in [-0.15, -0.1) is 0 Å². The van der Waals surface area contributed by atoms with Crippen molar-refractivity contribution in [2.45, 2.75) is 6.92 Å². The fraction of sp³-hybridized carbons (Fsp3) is 0.462. The highest BCUT2D eigenvalue weighted by Gasteiger charge is 2.18. The van der Waals surface area contributed by atoms with Gasteiger partial charge >= 0.3 is 6.03 Å². The molecule has 0 aliphatic carbocycles. The zero-order valence-corrected chi connectivity index (χ0v) is 10.8. The molecular formula is C13H19N3O2. The van der Waals surface area contributed by atoms with Gasteiger partial charge in [0.25, 0.3) is 0 Å². The number of carbonyl (C=O) groups is 1. The topological polar surface area (TPSA) is 53.6 Å². The molecule has 1 aromatic carbocycles. The molecule has 5 nitrogen and oxygen atoms in total. The lowest BCUT2D eigenvalue weighted by Gasteiger charge is -2.16. The van der Waals surface area contributed by atoms with Gasteiger partial charge in [0.1, 0.15) is 5.75 Å². The Morgan fingerprint density at radius 2 is 2.33 bits per heavy atom. The molecule has 1 aliphatic heterocycles. The highest BCUT2D eigenvalue weighted by atomic mass is 16.5. The first-order valence-corrected chi connectivity index (χ1v) is 6.12. The van der Waals surface area contributed by atoms with Crippen molar-refractivity contribution in [2.75, 3.05) is 38.6 Å². The highest BCUT2D eigenvalue weighted by Crippen LogP contribution is 2.20. The maximum atomic E-state index is 11.3. The largest absolute Gasteiger partial charge is 0.497 e. The van der Waals surface area contributed by atoms with Gasteiger partial charge in [-0.3, -0.25) is 0 Å². The number of ether oxygens (including phenoxy) is 1. The zero-order valence-electron chi connectivity index (χ0n) is 10.8. The maximum absolute atomic E-state index is 11.3. The fourth-order valence-electron chi connectivity index (χ4n) is 2.01. The lowest BCUT2D eigenvalue weighted by molar-refractivity contribution is 0.219. The van der Waals surface area contributed by atoms with Crippen LogP contribution in [0.3, 0.4) is 0 Å². The third-order valence-electron chi connectivity index (χ3n) is 3.08. The fourth-order valence-corrected chi connectivity index (χ4v) is 2.01. The van der Waals surface area contributed by atoms with E-state index in [9.17, 15) is 4.79 Å². The summed E-state index contributed by atoms with van der Waals surface area (Å²) in [5, 5.41) is 6.12. The molecule has 2 rings (SSSR count). The Labute approximate surface area is 107 Å². The number of methoxy groups -OCH3 is 1. The van der Waals surface area contributed by atoms with Crippen molar-refractivity contribution in [3.05, 3.63) is 23.8 Å². The molecule has 2 amide bonds. The average Bonchev–Trinajstić information content (AvgIpc) is 2.77. The van der Waals surface area contributed by atoms with Crippen molar-refractivity contribution in [1.29, 1.82) is 0 Å². The van der Waals surface area contributed by atoms with E-state index >= 15 is 0 Å². The van der Waals surface area contributed by atoms with Crippen LogP contribution in [0.2, 0.25) is 0 Å². The van der Waals surface area contributed by atoms with Crippen LogP contribution in [0.4, 0.5) is 10.5 Å². The monoisotopic (exact) mass is 249 g/mol. The second kappa shape index (κ2) is 5.62. The second-order valence-electron chi connectivity index (χ2n) is 4.33. The van der Waals surface area contributed by atoms with Gasteiger partial charge in [-0.05, 0) is 30.7 Å². The van der Waals surface area contributed by atoms with Gasteiger partial charge < -0.3 is 20.3 Å². The summed E-state index contributed by atoms with van der Waals surface area (Å²) in [6.07, 6.45) is 0. The van der Waals surface area contributed by atoms with E-state index in [-0.39, 0.29) is 6.03 Å². The number of nitrogens with zero attached hydrogens (tertiary/aromatic N) is 1. The summed E-state index contributed by atoms with van der Waals surface area (Å²) < 4.78 is 5.16. The quantitative estimate of drug-likeness (QED) is 0.830. The van der Waals surface area contributed by atoms with Crippen LogP contribution in [0.1, 0.15) is 5.56 Å². The first-order chi connectivity index (χ1) is 8.70. The second-order valence-corrected chi connectivity index (χ2v) is 4.33. The van der Waals surface area contributed by atoms with E-state index in [1.165, 1.54) is 0 Å². The minimum atomic E-state index is 0.0308. The number of nitrogens with one attached hydrogen (secondary N) is 2. The molecule has 1 aliphatic rings. The van der Waals surface area contributed by atoms with E-state index in [4.69, 9.17) is 4.74 Å². The number of amides is 2. The van der Waals surface area contributed by atoms with Crippen molar-refractivity contribution in [3.8, 4) is 5.75 Å². The molecule has 0 aromatic heterocycles. The van der Waals surface area contributed by atoms with Gasteiger partial charge in [-0.25, -0.2) is 4.79 Å². The summed E-state index contributed by atoms with van der Waals surface area (Å²) in [4.78, 5) is 13.1. The Hall–Kier alpha value is -1.91. The first kappa shape index (κ1) is 12.5. The van der Waals surface area contributed by atoms with E-state index in [0.717, 1.165) is 43.2 Å². The number of urea groups is 1. The van der Waals surface area contributed by atoms with Crippen LogP contribution >= 0.6 is 0 Å². The van der Waals surface area contributed by atoms with E-state index in [0.29, 0.717) is 0 Å². The van der Waals surface area contributed by atoms with Gasteiger partial charge in [0.05, 0.1) is 7.11 Å². The van der Waals surface area contributed by atoms with Gasteiger partial charge in [0.15, 0.2) is 0 Å². The highest BCUT2D eigenvalue weighted by molar-refractivity contribution is 5.76. The Morgan fingerprint density at radius 3 is 2.94 bits per heavy atom. The normalized spacial score (nSPS) is 14.6. The standard InChI is InChI=1S/C13H19N3O2/c1-10-9-11(18-2)3-4-12(10)14-5-7-16-8-6-15-13(16)17/h3-4,9,14H,5-8H2,1-2H3,(H,15,17). The molecule has 1 saturated heterocycles. The van der Waals surface area contributed by atoms with Gasteiger partial charge in [-0.1, -0.05) is 0 Å². The molecular weight excluding hydrogens is 230 g/mol. The molecule has 0 atom stereocenters. The van der Waals surface area contributed by atoms with Crippen molar-refractivity contribution in [2.24, 2.45) is 0 Å². The number of anilines is 1. The lowest BCUT2D eigenvalue weighted by atomic mass is 10.2. The minimum absolute atomic E-state index is 0.0308. The van der Waals surface area contributed by atoms with Crippen LogP contribution in [-0.2, 0) is 0 Å². The molecule has 18 heavy (non-hydrogen) atoms. The van der Waals surface area contributed by atoms with Crippen LogP contribution < -0.4 is 15.4 Å². The van der Waals surface area contributed by atoms with E-state index < -0.39 is 0 Å². The number of rotatable bonds is 5. The number of hydrogen-bond acceptors (Lipinski definition) is 3. The average molecular weight is 249 g/mol. The van der Waals surface area contributed by atoms with Crippen molar-refractivity contribution >= 4 is 11.7 Å². The molecule has 1 aromatic rings. The third-order valence-corrected chi connectivity index (χ3v) is 3.08. The minimum Gasteiger partial charge on any atom is -0.497 e. The summed E-state index contributed by atoms with van der Waals surface area (Å²) >= 11 is 0. The SMILES string of the molecule is COc1ccc(NCCN2CCNC2=O)c(C)c1. The summed E-state index contributed by atoms with van der Waals surface area (Å²) in [6, 6.07) is 5.95. The van der Waals surface area contributed by atoms with Crippen LogP contribution in [0.5, 0.6) is 5.75 Å². The molecule has 1 heterocycles. The molecule has 2 N–H and O–H groups in total. The van der Waals surface area contributed by atoms with Crippen LogP contribution in [0, 0.1) is 6.92 Å². The number of aryl methyl sites for hydroxylation is 1. The van der Waals surface area contributed by atoms with Crippen molar-refractivity contribution in [1.82, 2.24) is 10.2 Å². The Bertz CT molecular complexity index is 434. The van der Waals surface area contributed by atoms with Crippen molar-refractivity contribution in [3.63, 3.8) is 0 Å². The lowest BCUT2D eigenvalue weighted by Crippen LogP contribution is -2.32.